The maximum absolute atomic E-state index is 13.3. The highest BCUT2D eigenvalue weighted by atomic mass is 16.5. The number of esters is 1. The van der Waals surface area contributed by atoms with Gasteiger partial charge in [0, 0.05) is 17.9 Å². The lowest BCUT2D eigenvalue weighted by Crippen LogP contribution is -2.41. The number of fused-ring (bicyclic) bond motifs is 4. The van der Waals surface area contributed by atoms with Crippen LogP contribution in [0.1, 0.15) is 40.2 Å². The zero-order valence-electron chi connectivity index (χ0n) is 19.3. The molecule has 1 fully saturated rings. The van der Waals surface area contributed by atoms with Gasteiger partial charge in [0.1, 0.15) is 28.6 Å². The number of aryl methyl sites for hydroxylation is 2. The van der Waals surface area contributed by atoms with Crippen LogP contribution >= 0.6 is 0 Å². The fourth-order valence-corrected chi connectivity index (χ4v) is 6.06. The number of hydrogen-bond donors (Lipinski definition) is 1. The largest absolute Gasteiger partial charge is 0.497 e. The van der Waals surface area contributed by atoms with Gasteiger partial charge in [-0.25, -0.2) is 0 Å². The molecule has 4 atom stereocenters. The molecule has 0 saturated heterocycles. The Morgan fingerprint density at radius 3 is 2.36 bits per heavy atom. The molecule has 1 aliphatic heterocycles. The lowest BCUT2D eigenvalue weighted by molar-refractivity contribution is -0.155. The van der Waals surface area contributed by atoms with E-state index in [-0.39, 0.29) is 6.42 Å². The van der Waals surface area contributed by atoms with Crippen molar-refractivity contribution in [2.24, 2.45) is 5.92 Å². The Morgan fingerprint density at radius 1 is 1.03 bits per heavy atom. The number of ether oxygens (including phenoxy) is 3. The molecule has 0 spiro atoms. The van der Waals surface area contributed by atoms with Crippen molar-refractivity contribution in [1.29, 1.82) is 0 Å². The van der Waals surface area contributed by atoms with Crippen LogP contribution in [-0.2, 0) is 20.7 Å². The quantitative estimate of drug-likeness (QED) is 0.588. The van der Waals surface area contributed by atoms with Crippen LogP contribution < -0.4 is 9.47 Å². The summed E-state index contributed by atoms with van der Waals surface area (Å²) in [6.45, 7) is 3.96. The molecule has 0 radical (unpaired) electrons. The van der Waals surface area contributed by atoms with E-state index in [2.05, 4.69) is 0 Å². The van der Waals surface area contributed by atoms with Crippen LogP contribution in [0.4, 0.5) is 0 Å². The molecule has 2 aliphatic rings. The molecule has 170 valence electrons. The molecule has 1 heterocycles. The van der Waals surface area contributed by atoms with Crippen molar-refractivity contribution in [2.45, 2.75) is 37.4 Å². The number of carbonyl (C=O) groups is 1. The van der Waals surface area contributed by atoms with Gasteiger partial charge in [-0.15, -0.1) is 0 Å². The van der Waals surface area contributed by atoms with Crippen molar-refractivity contribution >= 4 is 5.97 Å². The highest BCUT2D eigenvalue weighted by Gasteiger charge is 2.70. The minimum absolute atomic E-state index is 0.239. The van der Waals surface area contributed by atoms with Crippen LogP contribution in [0.25, 0.3) is 0 Å². The zero-order valence-corrected chi connectivity index (χ0v) is 19.3. The van der Waals surface area contributed by atoms with Crippen molar-refractivity contribution < 1.29 is 24.1 Å². The summed E-state index contributed by atoms with van der Waals surface area (Å²) in [6.07, 6.45) is 0.239. The van der Waals surface area contributed by atoms with E-state index in [1.165, 1.54) is 7.11 Å². The van der Waals surface area contributed by atoms with Crippen molar-refractivity contribution in [3.8, 4) is 11.5 Å². The summed E-state index contributed by atoms with van der Waals surface area (Å²) in [5.41, 5.74) is 2.00. The molecule has 33 heavy (non-hydrogen) atoms. The zero-order chi connectivity index (χ0) is 23.4. The molecule has 0 amide bonds. The molecule has 0 aromatic heterocycles. The summed E-state index contributed by atoms with van der Waals surface area (Å²) in [5, 5.41) is 12.4. The molecular weight excluding hydrogens is 416 g/mol. The topological polar surface area (TPSA) is 65.0 Å². The average molecular weight is 445 g/mol. The van der Waals surface area contributed by atoms with Gasteiger partial charge in [-0.05, 0) is 54.3 Å². The van der Waals surface area contributed by atoms with E-state index in [0.717, 1.165) is 28.0 Å². The Kier molecular flexibility index (Phi) is 4.98. The predicted molar refractivity (Wildman–Crippen MR) is 124 cm³/mol. The Hall–Kier alpha value is -3.31. The fourth-order valence-electron chi connectivity index (χ4n) is 6.06. The summed E-state index contributed by atoms with van der Waals surface area (Å²) in [7, 11) is 3.00. The van der Waals surface area contributed by atoms with Gasteiger partial charge in [-0.1, -0.05) is 48.5 Å². The Bertz CT molecular complexity index is 1200. The lowest BCUT2D eigenvalue weighted by Gasteiger charge is -2.41. The van der Waals surface area contributed by atoms with E-state index in [1.807, 2.05) is 80.6 Å². The molecule has 1 aliphatic carbocycles. The summed E-state index contributed by atoms with van der Waals surface area (Å²) in [5.74, 6) is -0.402. The van der Waals surface area contributed by atoms with E-state index < -0.39 is 29.0 Å². The molecule has 3 aromatic rings. The summed E-state index contributed by atoms with van der Waals surface area (Å²) in [4.78, 5) is 13.3. The van der Waals surface area contributed by atoms with Crippen LogP contribution in [0.15, 0.2) is 66.7 Å². The normalized spacial score (nSPS) is 27.4. The van der Waals surface area contributed by atoms with Gasteiger partial charge in [-0.2, -0.15) is 0 Å². The Labute approximate surface area is 193 Å². The van der Waals surface area contributed by atoms with Crippen LogP contribution in [-0.4, -0.2) is 25.3 Å². The van der Waals surface area contributed by atoms with E-state index in [9.17, 15) is 9.90 Å². The molecule has 5 nitrogen and oxygen atoms in total. The third kappa shape index (κ3) is 3.06. The molecule has 5 rings (SSSR count). The second kappa shape index (κ2) is 7.63. The van der Waals surface area contributed by atoms with Crippen LogP contribution in [0, 0.1) is 19.8 Å². The Morgan fingerprint density at radius 2 is 1.73 bits per heavy atom. The third-order valence-electron chi connectivity index (χ3n) is 7.24. The van der Waals surface area contributed by atoms with Gasteiger partial charge in [0.05, 0.1) is 14.2 Å². The molecule has 1 saturated carbocycles. The van der Waals surface area contributed by atoms with E-state index in [1.54, 1.807) is 7.11 Å². The first-order valence-corrected chi connectivity index (χ1v) is 11.1. The molecule has 1 N–H and O–H groups in total. The lowest BCUT2D eigenvalue weighted by atomic mass is 9.75. The third-order valence-corrected chi connectivity index (χ3v) is 7.24. The van der Waals surface area contributed by atoms with Crippen molar-refractivity contribution in [3.05, 3.63) is 94.5 Å². The summed E-state index contributed by atoms with van der Waals surface area (Å²) >= 11 is 0. The smallest absolute Gasteiger partial charge is 0.312 e. The van der Waals surface area contributed by atoms with E-state index in [4.69, 9.17) is 14.2 Å². The first-order valence-electron chi connectivity index (χ1n) is 11.1. The van der Waals surface area contributed by atoms with Gasteiger partial charge in [-0.3, -0.25) is 4.79 Å². The first kappa shape index (κ1) is 21.5. The van der Waals surface area contributed by atoms with Crippen molar-refractivity contribution in [3.63, 3.8) is 0 Å². The van der Waals surface area contributed by atoms with Gasteiger partial charge < -0.3 is 19.3 Å². The molecule has 5 heteroatoms. The minimum Gasteiger partial charge on any atom is -0.497 e. The number of rotatable bonds is 4. The highest BCUT2D eigenvalue weighted by Crippen LogP contribution is 2.67. The minimum atomic E-state index is -1.45. The second-order valence-electron chi connectivity index (χ2n) is 9.17. The number of aliphatic hydroxyl groups is 1. The second-order valence-corrected chi connectivity index (χ2v) is 9.17. The fraction of sp³-hybridized carbons (Fsp3) is 0.321. The maximum Gasteiger partial charge on any atom is 0.312 e. The van der Waals surface area contributed by atoms with E-state index >= 15 is 0 Å². The molecule has 3 aromatic carbocycles. The predicted octanol–water partition coefficient (Wildman–Crippen LogP) is 4.76. The SMILES string of the molecule is COC(=O)[C@@H]1[C@@H](c2ccccc2)[C@@]2(c3ccc(OC)cc3)C[C@]1(O)c1c(C)cc(C)cc1O2. The van der Waals surface area contributed by atoms with E-state index in [0.29, 0.717) is 11.3 Å². The van der Waals surface area contributed by atoms with Crippen LogP contribution in [0.5, 0.6) is 11.5 Å². The first-order chi connectivity index (χ1) is 15.8. The monoisotopic (exact) mass is 444 g/mol. The highest BCUT2D eigenvalue weighted by molar-refractivity contribution is 5.78. The molecule has 0 unspecified atom stereocenters. The van der Waals surface area contributed by atoms with Crippen molar-refractivity contribution in [1.82, 2.24) is 0 Å². The molecular formula is C28H28O5. The average Bonchev–Trinajstić information content (AvgIpc) is 3.03. The summed E-state index contributed by atoms with van der Waals surface area (Å²) < 4.78 is 17.5. The number of hydrogen-bond acceptors (Lipinski definition) is 5. The van der Waals surface area contributed by atoms with Gasteiger partial charge in [0.25, 0.3) is 0 Å². The molecule has 2 bridgehead atoms. The van der Waals surface area contributed by atoms with Gasteiger partial charge >= 0.3 is 5.97 Å². The summed E-state index contributed by atoms with van der Waals surface area (Å²) in [6, 6.07) is 21.5. The standard InChI is InChI=1S/C28H28O5/c1-17-14-18(2)23-22(15-17)33-28(20-10-12-21(31-3)13-11-20)16-27(23,30)25(26(29)32-4)24(28)19-8-6-5-7-9-19/h5-15,24-25,30H,16H2,1-4H3/t24-,25+,27+,28+/m1/s1. The van der Waals surface area contributed by atoms with Crippen molar-refractivity contribution in [2.75, 3.05) is 14.2 Å². The van der Waals surface area contributed by atoms with Crippen LogP contribution in [0.2, 0.25) is 0 Å². The maximum atomic E-state index is 13.3. The Balaban J connectivity index is 1.84. The van der Waals surface area contributed by atoms with Crippen LogP contribution in [0.3, 0.4) is 0 Å². The van der Waals surface area contributed by atoms with Gasteiger partial charge in [0.15, 0.2) is 0 Å². The number of methoxy groups -OCH3 is 2. The number of carbonyl (C=O) groups excluding carboxylic acids is 1. The van der Waals surface area contributed by atoms with Gasteiger partial charge in [0.2, 0.25) is 0 Å². The number of benzene rings is 3.